The lowest BCUT2D eigenvalue weighted by Crippen LogP contribution is -2.43. The number of rotatable bonds is 1. The molecule has 0 amide bonds. The van der Waals surface area contributed by atoms with E-state index in [1.807, 2.05) is 7.05 Å². The van der Waals surface area contributed by atoms with Crippen molar-refractivity contribution in [2.24, 2.45) is 13.0 Å². The van der Waals surface area contributed by atoms with Crippen molar-refractivity contribution in [3.63, 3.8) is 0 Å². The van der Waals surface area contributed by atoms with E-state index in [9.17, 15) is 0 Å². The van der Waals surface area contributed by atoms with Crippen molar-refractivity contribution in [1.82, 2.24) is 24.6 Å². The Labute approximate surface area is 128 Å². The SMILES string of the molecule is CN1C[C@@H]2COC[C@H](C1)N(c1nc(N)c3cnn(C)c3n1)C2. The Balaban J connectivity index is 1.78. The fourth-order valence-corrected chi connectivity index (χ4v) is 3.48. The normalized spacial score (nSPS) is 26.4. The first-order valence-electron chi connectivity index (χ1n) is 7.60. The quantitative estimate of drug-likeness (QED) is 0.775. The molecule has 0 unspecified atom stereocenters. The maximum Gasteiger partial charge on any atom is 0.229 e. The van der Waals surface area contributed by atoms with E-state index >= 15 is 0 Å². The Kier molecular flexibility index (Phi) is 3.16. The summed E-state index contributed by atoms with van der Waals surface area (Å²) in [6.45, 7) is 4.38. The summed E-state index contributed by atoms with van der Waals surface area (Å²) in [6, 6.07) is 0.252. The molecular formula is C14H21N7O. The summed E-state index contributed by atoms with van der Waals surface area (Å²) in [6.07, 6.45) is 1.71. The zero-order chi connectivity index (χ0) is 15.3. The van der Waals surface area contributed by atoms with Crippen LogP contribution in [0.4, 0.5) is 11.8 Å². The van der Waals surface area contributed by atoms with Crippen molar-refractivity contribution in [3.05, 3.63) is 6.20 Å². The van der Waals surface area contributed by atoms with E-state index in [2.05, 4.69) is 26.9 Å². The third kappa shape index (κ3) is 2.19. The summed E-state index contributed by atoms with van der Waals surface area (Å²) in [5.41, 5.74) is 6.88. The van der Waals surface area contributed by atoms with Crippen LogP contribution in [0.3, 0.4) is 0 Å². The zero-order valence-electron chi connectivity index (χ0n) is 12.9. The van der Waals surface area contributed by atoms with E-state index in [4.69, 9.17) is 15.5 Å². The van der Waals surface area contributed by atoms with Gasteiger partial charge in [-0.25, -0.2) is 0 Å². The van der Waals surface area contributed by atoms with E-state index in [1.165, 1.54) is 0 Å². The molecule has 2 N–H and O–H groups in total. The molecule has 2 aliphatic heterocycles. The molecule has 0 aliphatic carbocycles. The maximum absolute atomic E-state index is 6.11. The summed E-state index contributed by atoms with van der Waals surface area (Å²) in [5, 5.41) is 5.03. The minimum absolute atomic E-state index is 0.252. The average Bonchev–Trinajstić information content (AvgIpc) is 2.65. The number of nitrogens with zero attached hydrogens (tertiary/aromatic N) is 6. The number of aryl methyl sites for hydroxylation is 1. The van der Waals surface area contributed by atoms with E-state index in [1.54, 1.807) is 10.9 Å². The minimum Gasteiger partial charge on any atom is -0.383 e. The van der Waals surface area contributed by atoms with Gasteiger partial charge in [-0.1, -0.05) is 0 Å². The lowest BCUT2D eigenvalue weighted by Gasteiger charge is -2.29. The topological polar surface area (TPSA) is 85.3 Å². The van der Waals surface area contributed by atoms with Crippen LogP contribution in [-0.2, 0) is 11.8 Å². The van der Waals surface area contributed by atoms with Gasteiger partial charge in [-0.15, -0.1) is 0 Å². The Morgan fingerprint density at radius 3 is 2.91 bits per heavy atom. The summed E-state index contributed by atoms with van der Waals surface area (Å²) in [7, 11) is 4.03. The van der Waals surface area contributed by atoms with Crippen LogP contribution in [0.15, 0.2) is 6.20 Å². The number of hydrogen-bond acceptors (Lipinski definition) is 7. The fourth-order valence-electron chi connectivity index (χ4n) is 3.48. The van der Waals surface area contributed by atoms with Gasteiger partial charge < -0.3 is 20.3 Å². The predicted molar refractivity (Wildman–Crippen MR) is 83.7 cm³/mol. The second-order valence-corrected chi connectivity index (χ2v) is 6.35. The molecule has 8 nitrogen and oxygen atoms in total. The number of aromatic nitrogens is 4. The Morgan fingerprint density at radius 1 is 1.18 bits per heavy atom. The zero-order valence-corrected chi connectivity index (χ0v) is 12.9. The molecule has 2 atom stereocenters. The molecule has 2 bridgehead atoms. The summed E-state index contributed by atoms with van der Waals surface area (Å²) in [5.74, 6) is 1.63. The highest BCUT2D eigenvalue weighted by Crippen LogP contribution is 2.26. The molecular weight excluding hydrogens is 282 g/mol. The predicted octanol–water partition coefficient (Wildman–Crippen LogP) is -0.288. The number of nitrogen functional groups attached to an aromatic ring is 1. The van der Waals surface area contributed by atoms with Gasteiger partial charge in [-0.3, -0.25) is 4.68 Å². The van der Waals surface area contributed by atoms with Gasteiger partial charge in [0.1, 0.15) is 5.82 Å². The van der Waals surface area contributed by atoms with Gasteiger partial charge in [0.15, 0.2) is 5.65 Å². The van der Waals surface area contributed by atoms with Gasteiger partial charge in [0.05, 0.1) is 30.8 Å². The monoisotopic (exact) mass is 303 g/mol. The van der Waals surface area contributed by atoms with Crippen LogP contribution in [0.1, 0.15) is 0 Å². The number of hydrogen-bond donors (Lipinski definition) is 1. The van der Waals surface area contributed by atoms with Crippen molar-refractivity contribution in [2.75, 3.05) is 50.5 Å². The molecule has 0 saturated carbocycles. The van der Waals surface area contributed by atoms with Gasteiger partial charge in [0.25, 0.3) is 0 Å². The maximum atomic E-state index is 6.11. The third-order valence-electron chi connectivity index (χ3n) is 4.52. The first-order chi connectivity index (χ1) is 10.6. The van der Waals surface area contributed by atoms with Gasteiger partial charge in [-0.05, 0) is 7.05 Å². The summed E-state index contributed by atoms with van der Waals surface area (Å²) in [4.78, 5) is 13.9. The van der Waals surface area contributed by atoms with Crippen molar-refractivity contribution in [1.29, 1.82) is 0 Å². The van der Waals surface area contributed by atoms with Gasteiger partial charge in [0.2, 0.25) is 5.95 Å². The fraction of sp³-hybridized carbons (Fsp3) is 0.643. The molecule has 2 aromatic heterocycles. The van der Waals surface area contributed by atoms with Crippen molar-refractivity contribution in [2.45, 2.75) is 6.04 Å². The van der Waals surface area contributed by atoms with Gasteiger partial charge in [0, 0.05) is 32.6 Å². The number of likely N-dealkylation sites (N-methyl/N-ethyl adjacent to an activating group) is 1. The molecule has 0 aromatic carbocycles. The largest absolute Gasteiger partial charge is 0.383 e. The second-order valence-electron chi connectivity index (χ2n) is 6.35. The van der Waals surface area contributed by atoms with E-state index in [-0.39, 0.29) is 6.04 Å². The summed E-state index contributed by atoms with van der Waals surface area (Å²) >= 11 is 0. The Morgan fingerprint density at radius 2 is 2.05 bits per heavy atom. The molecule has 8 heteroatoms. The van der Waals surface area contributed by atoms with Gasteiger partial charge >= 0.3 is 0 Å². The van der Waals surface area contributed by atoms with Crippen LogP contribution in [0, 0.1) is 5.92 Å². The number of nitrogens with two attached hydrogens (primary N) is 1. The second kappa shape index (κ2) is 5.06. The van der Waals surface area contributed by atoms with Crippen molar-refractivity contribution >= 4 is 22.8 Å². The number of fused-ring (bicyclic) bond motifs is 4. The molecule has 2 saturated heterocycles. The van der Waals surface area contributed by atoms with Gasteiger partial charge in [-0.2, -0.15) is 15.1 Å². The highest BCUT2D eigenvalue weighted by molar-refractivity contribution is 5.86. The molecule has 118 valence electrons. The first kappa shape index (κ1) is 13.7. The number of ether oxygens (including phenoxy) is 1. The van der Waals surface area contributed by atoms with Crippen molar-refractivity contribution < 1.29 is 4.74 Å². The average molecular weight is 303 g/mol. The minimum atomic E-state index is 0.252. The highest BCUT2D eigenvalue weighted by atomic mass is 16.5. The Hall–Kier alpha value is -1.93. The highest BCUT2D eigenvalue weighted by Gasteiger charge is 2.33. The van der Waals surface area contributed by atoms with Crippen LogP contribution in [-0.4, -0.2) is 70.6 Å². The van der Waals surface area contributed by atoms with Crippen LogP contribution in [0.2, 0.25) is 0 Å². The molecule has 0 radical (unpaired) electrons. The molecule has 0 spiro atoms. The Bertz CT molecular complexity index is 700. The molecule has 2 fully saturated rings. The van der Waals surface area contributed by atoms with E-state index in [0.717, 1.165) is 37.3 Å². The molecule has 2 aromatic rings. The summed E-state index contributed by atoms with van der Waals surface area (Å²) < 4.78 is 7.55. The molecule has 4 rings (SSSR count). The molecule has 4 heterocycles. The van der Waals surface area contributed by atoms with Crippen LogP contribution in [0.25, 0.3) is 11.0 Å². The number of anilines is 2. The lowest BCUT2D eigenvalue weighted by molar-refractivity contribution is 0.0724. The standard InChI is InChI=1S/C14H21N7O/c1-19-4-9-5-21(10(6-19)8-22-7-9)14-17-12(15)11-3-16-20(2)13(11)18-14/h3,9-10H,4-8H2,1-2H3,(H2,15,17,18)/t9-,10-/m0/s1. The smallest absolute Gasteiger partial charge is 0.229 e. The van der Waals surface area contributed by atoms with Crippen LogP contribution >= 0.6 is 0 Å². The van der Waals surface area contributed by atoms with Crippen LogP contribution in [0.5, 0.6) is 0 Å². The lowest BCUT2D eigenvalue weighted by atomic mass is 10.1. The molecule has 22 heavy (non-hydrogen) atoms. The van der Waals surface area contributed by atoms with E-state index < -0.39 is 0 Å². The van der Waals surface area contributed by atoms with E-state index in [0.29, 0.717) is 24.3 Å². The third-order valence-corrected chi connectivity index (χ3v) is 4.52. The van der Waals surface area contributed by atoms with Crippen LogP contribution < -0.4 is 10.6 Å². The van der Waals surface area contributed by atoms with Crippen molar-refractivity contribution in [3.8, 4) is 0 Å². The molecule has 2 aliphatic rings. The first-order valence-corrected chi connectivity index (χ1v) is 7.60.